The number of hydrogen-bond donors (Lipinski definition) is 0. The molecule has 0 spiro atoms. The van der Waals surface area contributed by atoms with Crippen LogP contribution in [0.3, 0.4) is 0 Å². The fourth-order valence-electron chi connectivity index (χ4n) is 0.758. The van der Waals surface area contributed by atoms with E-state index in [1.807, 2.05) is 0 Å². The molecule has 0 aliphatic rings. The normalized spacial score (nSPS) is 12.5. The standard InChI is InChI=1S/C8H6FO2/c9-7(8(10)11)6-4-2-1-3-5-6/h1-5,7H. The van der Waals surface area contributed by atoms with Crippen LogP contribution in [0.15, 0.2) is 30.3 Å². The molecule has 0 aliphatic heterocycles. The zero-order chi connectivity index (χ0) is 8.27. The molecule has 0 aliphatic carbocycles. The van der Waals surface area contributed by atoms with Crippen molar-refractivity contribution in [2.75, 3.05) is 0 Å². The predicted molar refractivity (Wildman–Crippen MR) is 36.0 cm³/mol. The maximum atomic E-state index is 12.6. The molecule has 1 aromatic carbocycles. The van der Waals surface area contributed by atoms with Crippen LogP contribution in [0.2, 0.25) is 0 Å². The van der Waals surface area contributed by atoms with Gasteiger partial charge in [0.2, 0.25) is 6.17 Å². The van der Waals surface area contributed by atoms with Gasteiger partial charge in [0.05, 0.1) is 0 Å². The van der Waals surface area contributed by atoms with Crippen LogP contribution in [0, 0.1) is 0 Å². The van der Waals surface area contributed by atoms with E-state index in [1.54, 1.807) is 18.2 Å². The summed E-state index contributed by atoms with van der Waals surface area (Å²) >= 11 is 0. The van der Waals surface area contributed by atoms with Crippen molar-refractivity contribution in [1.29, 1.82) is 0 Å². The van der Waals surface area contributed by atoms with E-state index in [0.29, 0.717) is 0 Å². The van der Waals surface area contributed by atoms with Crippen LogP contribution in [-0.2, 0) is 9.90 Å². The topological polar surface area (TPSA) is 37.0 Å². The Balaban J connectivity index is 2.85. The Bertz CT molecular complexity index is 246. The predicted octanol–water partition coefficient (Wildman–Crippen LogP) is 1.65. The Hall–Kier alpha value is -1.38. The van der Waals surface area contributed by atoms with Gasteiger partial charge in [0.25, 0.3) is 0 Å². The molecule has 0 saturated carbocycles. The number of carbonyl (C=O) groups excluding carboxylic acids is 1. The van der Waals surface area contributed by atoms with Crippen molar-refractivity contribution < 1.29 is 14.3 Å². The van der Waals surface area contributed by atoms with Crippen LogP contribution >= 0.6 is 0 Å². The van der Waals surface area contributed by atoms with Gasteiger partial charge in [0.1, 0.15) is 0 Å². The fraction of sp³-hybridized carbons (Fsp3) is 0.125. The Labute approximate surface area is 63.3 Å². The lowest BCUT2D eigenvalue weighted by Gasteiger charge is -1.98. The smallest absolute Gasteiger partial charge is 0.244 e. The van der Waals surface area contributed by atoms with E-state index in [4.69, 9.17) is 0 Å². The lowest BCUT2D eigenvalue weighted by atomic mass is 10.1. The molecule has 57 valence electrons. The summed E-state index contributed by atoms with van der Waals surface area (Å²) in [6, 6.07) is 7.64. The highest BCUT2D eigenvalue weighted by Crippen LogP contribution is 2.16. The molecule has 0 saturated heterocycles. The van der Waals surface area contributed by atoms with Crippen molar-refractivity contribution >= 4 is 5.97 Å². The Morgan fingerprint density at radius 3 is 2.27 bits per heavy atom. The zero-order valence-corrected chi connectivity index (χ0v) is 5.66. The lowest BCUT2D eigenvalue weighted by Crippen LogP contribution is -2.03. The van der Waals surface area contributed by atoms with Crippen molar-refractivity contribution in [3.05, 3.63) is 35.9 Å². The van der Waals surface area contributed by atoms with Gasteiger partial charge in [0, 0.05) is 0 Å². The van der Waals surface area contributed by atoms with Crippen molar-refractivity contribution in [2.45, 2.75) is 6.17 Å². The Morgan fingerprint density at radius 1 is 1.27 bits per heavy atom. The number of alkyl halides is 1. The molecule has 1 unspecified atom stereocenters. The van der Waals surface area contributed by atoms with E-state index in [-0.39, 0.29) is 5.56 Å². The van der Waals surface area contributed by atoms with E-state index >= 15 is 0 Å². The van der Waals surface area contributed by atoms with Crippen molar-refractivity contribution in [3.8, 4) is 0 Å². The van der Waals surface area contributed by atoms with Gasteiger partial charge in [-0.05, 0) is 5.56 Å². The molecule has 1 aromatic rings. The first-order chi connectivity index (χ1) is 5.22. The zero-order valence-electron chi connectivity index (χ0n) is 5.66. The number of hydrogen-bond acceptors (Lipinski definition) is 1. The summed E-state index contributed by atoms with van der Waals surface area (Å²) in [5.74, 6) is -1.70. The van der Waals surface area contributed by atoms with Crippen molar-refractivity contribution in [3.63, 3.8) is 0 Å². The second kappa shape index (κ2) is 3.14. The van der Waals surface area contributed by atoms with Gasteiger partial charge in [0.15, 0.2) is 0 Å². The fourth-order valence-corrected chi connectivity index (χ4v) is 0.758. The molecule has 1 radical (unpaired) electrons. The minimum Gasteiger partial charge on any atom is -0.244 e. The Morgan fingerprint density at radius 2 is 1.82 bits per heavy atom. The van der Waals surface area contributed by atoms with Gasteiger partial charge in [-0.3, -0.25) is 0 Å². The monoisotopic (exact) mass is 153 g/mol. The molecular weight excluding hydrogens is 147 g/mol. The minimum atomic E-state index is -2.02. The highest BCUT2D eigenvalue weighted by molar-refractivity contribution is 5.73. The molecule has 1 atom stereocenters. The van der Waals surface area contributed by atoms with E-state index in [0.717, 1.165) is 0 Å². The summed E-state index contributed by atoms with van der Waals surface area (Å²) in [5, 5.41) is 10.0. The van der Waals surface area contributed by atoms with Gasteiger partial charge < -0.3 is 0 Å². The molecule has 0 N–H and O–H groups in total. The average Bonchev–Trinajstić information content (AvgIpc) is 2.05. The maximum Gasteiger partial charge on any atom is 0.393 e. The molecule has 2 nitrogen and oxygen atoms in total. The summed E-state index contributed by atoms with van der Waals surface area (Å²) in [6.07, 6.45) is -2.02. The minimum absolute atomic E-state index is 0.118. The van der Waals surface area contributed by atoms with Gasteiger partial charge >= 0.3 is 5.97 Å². The largest absolute Gasteiger partial charge is 0.393 e. The lowest BCUT2D eigenvalue weighted by molar-refractivity contribution is -0.149. The van der Waals surface area contributed by atoms with Crippen LogP contribution < -0.4 is 0 Å². The number of halogens is 1. The molecule has 11 heavy (non-hydrogen) atoms. The van der Waals surface area contributed by atoms with E-state index in [1.165, 1.54) is 12.1 Å². The quantitative estimate of drug-likeness (QED) is 0.636. The summed E-state index contributed by atoms with van der Waals surface area (Å²) in [5.41, 5.74) is 0.118. The van der Waals surface area contributed by atoms with Crippen molar-refractivity contribution in [1.82, 2.24) is 0 Å². The highest BCUT2D eigenvalue weighted by atomic mass is 19.1. The van der Waals surface area contributed by atoms with Crippen molar-refractivity contribution in [2.24, 2.45) is 0 Å². The average molecular weight is 153 g/mol. The summed E-state index contributed by atoms with van der Waals surface area (Å²) in [4.78, 5) is 10.0. The maximum absolute atomic E-state index is 12.6. The SMILES string of the molecule is [O]C(=O)C(F)c1ccccc1. The van der Waals surface area contributed by atoms with E-state index in [2.05, 4.69) is 0 Å². The van der Waals surface area contributed by atoms with Gasteiger partial charge in [-0.15, -0.1) is 0 Å². The molecular formula is C8H6FO2. The summed E-state index contributed by atoms with van der Waals surface area (Å²) in [6.45, 7) is 0. The summed E-state index contributed by atoms with van der Waals surface area (Å²) < 4.78 is 12.6. The molecule has 1 rings (SSSR count). The number of carbonyl (C=O) groups is 1. The second-order valence-electron chi connectivity index (χ2n) is 2.09. The summed E-state index contributed by atoms with van der Waals surface area (Å²) in [7, 11) is 0. The molecule has 0 bridgehead atoms. The van der Waals surface area contributed by atoms with Crippen LogP contribution in [0.4, 0.5) is 4.39 Å². The molecule has 0 heterocycles. The third-order valence-electron chi connectivity index (χ3n) is 1.30. The molecule has 0 amide bonds. The van der Waals surface area contributed by atoms with E-state index < -0.39 is 12.1 Å². The first kappa shape index (κ1) is 7.72. The third-order valence-corrected chi connectivity index (χ3v) is 1.30. The van der Waals surface area contributed by atoms with Crippen LogP contribution in [0.5, 0.6) is 0 Å². The van der Waals surface area contributed by atoms with Crippen LogP contribution in [0.1, 0.15) is 11.7 Å². The molecule has 3 heteroatoms. The first-order valence-electron chi connectivity index (χ1n) is 3.11. The van der Waals surface area contributed by atoms with Gasteiger partial charge in [-0.1, -0.05) is 30.3 Å². The van der Waals surface area contributed by atoms with E-state index in [9.17, 15) is 14.3 Å². The third kappa shape index (κ3) is 1.77. The van der Waals surface area contributed by atoms with Gasteiger partial charge in [-0.2, -0.15) is 0 Å². The van der Waals surface area contributed by atoms with Crippen LogP contribution in [-0.4, -0.2) is 5.97 Å². The first-order valence-corrected chi connectivity index (χ1v) is 3.11. The van der Waals surface area contributed by atoms with Gasteiger partial charge in [-0.25, -0.2) is 14.3 Å². The Kier molecular flexibility index (Phi) is 2.21. The second-order valence-corrected chi connectivity index (χ2v) is 2.09. The van der Waals surface area contributed by atoms with Crippen LogP contribution in [0.25, 0.3) is 0 Å². The number of rotatable bonds is 2. The molecule has 0 aromatic heterocycles. The highest BCUT2D eigenvalue weighted by Gasteiger charge is 2.19. The molecule has 0 fully saturated rings. The number of benzene rings is 1.